The molecule has 2 aromatic carbocycles. The van der Waals surface area contributed by atoms with Crippen LogP contribution in [-0.2, 0) is 23.9 Å². The maximum absolute atomic E-state index is 12.6. The van der Waals surface area contributed by atoms with Crippen LogP contribution in [0.15, 0.2) is 36.4 Å². The van der Waals surface area contributed by atoms with Gasteiger partial charge in [0.25, 0.3) is 5.91 Å². The van der Waals surface area contributed by atoms with Crippen molar-refractivity contribution >= 4 is 11.6 Å². The predicted molar refractivity (Wildman–Crippen MR) is 97.7 cm³/mol. The van der Waals surface area contributed by atoms with Gasteiger partial charge in [-0.2, -0.15) is 13.2 Å². The van der Waals surface area contributed by atoms with Gasteiger partial charge in [-0.3, -0.25) is 4.79 Å². The Morgan fingerprint density at radius 3 is 2.25 bits per heavy atom. The van der Waals surface area contributed by atoms with Crippen molar-refractivity contribution in [2.75, 3.05) is 32.6 Å². The third kappa shape index (κ3) is 4.56. The molecular formula is C20H22F3N2O3+. The zero-order chi connectivity index (χ0) is 20.3. The number of rotatable bonds is 5. The summed E-state index contributed by atoms with van der Waals surface area (Å²) in [5, 5.41) is 2.66. The van der Waals surface area contributed by atoms with Crippen LogP contribution in [0.1, 0.15) is 16.7 Å². The molecule has 1 atom stereocenters. The monoisotopic (exact) mass is 395 g/mol. The molecule has 28 heavy (non-hydrogen) atoms. The SMILES string of the molecule is COc1cc2c(cc1OC)C[NH+](CC(=O)Nc1ccc(C(F)(F)F)cc1)CC2. The van der Waals surface area contributed by atoms with Crippen molar-refractivity contribution in [3.63, 3.8) is 0 Å². The van der Waals surface area contributed by atoms with Gasteiger partial charge in [-0.15, -0.1) is 0 Å². The highest BCUT2D eigenvalue weighted by atomic mass is 19.4. The van der Waals surface area contributed by atoms with Crippen LogP contribution < -0.4 is 19.7 Å². The lowest BCUT2D eigenvalue weighted by atomic mass is 9.99. The first kappa shape index (κ1) is 20.0. The first-order valence-corrected chi connectivity index (χ1v) is 8.84. The molecule has 1 amide bonds. The van der Waals surface area contributed by atoms with Crippen LogP contribution in [0.5, 0.6) is 11.5 Å². The van der Waals surface area contributed by atoms with E-state index in [9.17, 15) is 18.0 Å². The molecule has 2 N–H and O–H groups in total. The molecule has 2 aromatic rings. The van der Waals surface area contributed by atoms with E-state index in [1.165, 1.54) is 17.7 Å². The molecular weight excluding hydrogens is 373 g/mol. The number of hydrogen-bond donors (Lipinski definition) is 2. The van der Waals surface area contributed by atoms with Crippen molar-refractivity contribution in [2.45, 2.75) is 19.1 Å². The summed E-state index contributed by atoms with van der Waals surface area (Å²) in [5.74, 6) is 1.10. The molecule has 0 saturated heterocycles. The van der Waals surface area contributed by atoms with Gasteiger partial charge < -0.3 is 19.7 Å². The first-order valence-electron chi connectivity index (χ1n) is 8.84. The Balaban J connectivity index is 1.61. The van der Waals surface area contributed by atoms with Gasteiger partial charge >= 0.3 is 6.18 Å². The topological polar surface area (TPSA) is 52.0 Å². The van der Waals surface area contributed by atoms with Crippen LogP contribution in [-0.4, -0.2) is 33.2 Å². The number of methoxy groups -OCH3 is 2. The predicted octanol–water partition coefficient (Wildman–Crippen LogP) is 2.30. The van der Waals surface area contributed by atoms with Crippen LogP contribution >= 0.6 is 0 Å². The Bertz CT molecular complexity index is 851. The third-order valence-electron chi connectivity index (χ3n) is 4.80. The molecule has 1 unspecified atom stereocenters. The normalized spacial score (nSPS) is 16.2. The number of benzene rings is 2. The zero-order valence-electron chi connectivity index (χ0n) is 15.7. The zero-order valence-corrected chi connectivity index (χ0v) is 15.7. The van der Waals surface area contributed by atoms with Crippen LogP contribution in [0, 0.1) is 0 Å². The Morgan fingerprint density at radius 2 is 1.68 bits per heavy atom. The van der Waals surface area contributed by atoms with Crippen molar-refractivity contribution in [3.8, 4) is 11.5 Å². The van der Waals surface area contributed by atoms with E-state index < -0.39 is 11.7 Å². The van der Waals surface area contributed by atoms with E-state index in [0.717, 1.165) is 35.6 Å². The number of carbonyl (C=O) groups is 1. The van der Waals surface area contributed by atoms with E-state index in [0.29, 0.717) is 23.7 Å². The fraction of sp³-hybridized carbons (Fsp3) is 0.350. The number of fused-ring (bicyclic) bond motifs is 1. The Labute approximate surface area is 161 Å². The quantitative estimate of drug-likeness (QED) is 0.817. The molecule has 0 aliphatic carbocycles. The summed E-state index contributed by atoms with van der Waals surface area (Å²) >= 11 is 0. The van der Waals surface area contributed by atoms with Gasteiger partial charge in [0.1, 0.15) is 6.54 Å². The smallest absolute Gasteiger partial charge is 0.416 e. The number of amides is 1. The van der Waals surface area contributed by atoms with E-state index >= 15 is 0 Å². The molecule has 1 heterocycles. The number of halogens is 3. The highest BCUT2D eigenvalue weighted by Crippen LogP contribution is 2.31. The van der Waals surface area contributed by atoms with Gasteiger partial charge in [-0.25, -0.2) is 0 Å². The number of ether oxygens (including phenoxy) is 2. The molecule has 0 saturated carbocycles. The first-order chi connectivity index (χ1) is 13.3. The second-order valence-corrected chi connectivity index (χ2v) is 6.70. The van der Waals surface area contributed by atoms with Crippen molar-refractivity contribution in [3.05, 3.63) is 53.1 Å². The lowest BCUT2D eigenvalue weighted by Crippen LogP contribution is -3.12. The van der Waals surface area contributed by atoms with Crippen LogP contribution in [0.25, 0.3) is 0 Å². The van der Waals surface area contributed by atoms with Gasteiger partial charge in [0.05, 0.1) is 26.3 Å². The number of quaternary nitrogens is 1. The van der Waals surface area contributed by atoms with Crippen LogP contribution in [0.3, 0.4) is 0 Å². The van der Waals surface area contributed by atoms with Gasteiger partial charge in [-0.05, 0) is 42.0 Å². The van der Waals surface area contributed by atoms with Crippen molar-refractivity contribution < 1.29 is 32.3 Å². The molecule has 3 rings (SSSR count). The fourth-order valence-electron chi connectivity index (χ4n) is 3.36. The van der Waals surface area contributed by atoms with E-state index in [1.807, 2.05) is 12.1 Å². The molecule has 150 valence electrons. The summed E-state index contributed by atoms with van der Waals surface area (Å²) in [6.45, 7) is 1.67. The van der Waals surface area contributed by atoms with E-state index in [2.05, 4.69) is 5.32 Å². The van der Waals surface area contributed by atoms with Crippen molar-refractivity contribution in [1.29, 1.82) is 0 Å². The molecule has 8 heteroatoms. The Morgan fingerprint density at radius 1 is 1.07 bits per heavy atom. The Kier molecular flexibility index (Phi) is 5.79. The second kappa shape index (κ2) is 8.10. The summed E-state index contributed by atoms with van der Waals surface area (Å²) < 4.78 is 48.5. The minimum atomic E-state index is -4.39. The highest BCUT2D eigenvalue weighted by molar-refractivity contribution is 5.91. The highest BCUT2D eigenvalue weighted by Gasteiger charge is 2.30. The van der Waals surface area contributed by atoms with E-state index in [4.69, 9.17) is 9.47 Å². The second-order valence-electron chi connectivity index (χ2n) is 6.70. The van der Waals surface area contributed by atoms with Gasteiger partial charge in [-0.1, -0.05) is 0 Å². The molecule has 0 fully saturated rings. The number of carbonyl (C=O) groups excluding carboxylic acids is 1. The summed E-state index contributed by atoms with van der Waals surface area (Å²) in [6, 6.07) is 8.34. The number of alkyl halides is 3. The molecule has 0 radical (unpaired) electrons. The number of hydrogen-bond acceptors (Lipinski definition) is 3. The number of anilines is 1. The average molecular weight is 395 g/mol. The number of nitrogens with one attached hydrogen (secondary N) is 2. The molecule has 0 aromatic heterocycles. The van der Waals surface area contributed by atoms with Gasteiger partial charge in [0.2, 0.25) is 0 Å². The summed E-state index contributed by atoms with van der Waals surface area (Å²) in [4.78, 5) is 13.4. The standard InChI is InChI=1S/C20H21F3N2O3/c1-27-17-9-13-7-8-25(11-14(13)10-18(17)28-2)12-19(26)24-16-5-3-15(4-6-16)20(21,22)23/h3-6,9-10H,7-8,11-12H2,1-2H3,(H,24,26)/p+1. The summed E-state index contributed by atoms with van der Waals surface area (Å²) in [5.41, 5.74) is 1.88. The van der Waals surface area contributed by atoms with E-state index in [-0.39, 0.29) is 12.5 Å². The van der Waals surface area contributed by atoms with Gasteiger partial charge in [0.15, 0.2) is 18.0 Å². The maximum Gasteiger partial charge on any atom is 0.416 e. The Hall–Kier alpha value is -2.74. The minimum Gasteiger partial charge on any atom is -0.493 e. The largest absolute Gasteiger partial charge is 0.493 e. The molecule has 0 bridgehead atoms. The third-order valence-corrected chi connectivity index (χ3v) is 4.80. The van der Waals surface area contributed by atoms with Crippen LogP contribution in [0.4, 0.5) is 18.9 Å². The summed E-state index contributed by atoms with van der Waals surface area (Å²) in [7, 11) is 3.17. The molecule has 1 aliphatic heterocycles. The molecule has 5 nitrogen and oxygen atoms in total. The summed E-state index contributed by atoms with van der Waals surface area (Å²) in [6.07, 6.45) is -3.59. The fourth-order valence-corrected chi connectivity index (χ4v) is 3.36. The van der Waals surface area contributed by atoms with E-state index in [1.54, 1.807) is 14.2 Å². The van der Waals surface area contributed by atoms with Crippen molar-refractivity contribution in [1.82, 2.24) is 0 Å². The maximum atomic E-state index is 12.6. The lowest BCUT2D eigenvalue weighted by molar-refractivity contribution is -0.907. The van der Waals surface area contributed by atoms with Crippen LogP contribution in [0.2, 0.25) is 0 Å². The molecule has 0 spiro atoms. The lowest BCUT2D eigenvalue weighted by Gasteiger charge is -2.26. The average Bonchev–Trinajstić information content (AvgIpc) is 2.66. The molecule has 1 aliphatic rings. The van der Waals surface area contributed by atoms with Crippen molar-refractivity contribution in [2.24, 2.45) is 0 Å². The van der Waals surface area contributed by atoms with Gasteiger partial charge in [0, 0.05) is 17.7 Å². The minimum absolute atomic E-state index is 0.231.